The molecule has 0 spiro atoms. The van der Waals surface area contributed by atoms with Crippen molar-refractivity contribution in [1.29, 1.82) is 5.41 Å². The molecule has 1 amide bonds. The number of nitrogens with two attached hydrogens (primary N) is 2. The van der Waals surface area contributed by atoms with Crippen LogP contribution in [0, 0.1) is 12.3 Å². The summed E-state index contributed by atoms with van der Waals surface area (Å²) < 4.78 is 50.1. The van der Waals surface area contributed by atoms with Gasteiger partial charge in [-0.2, -0.15) is 0 Å². The molecule has 36 heavy (non-hydrogen) atoms. The minimum absolute atomic E-state index is 0.0184. The first kappa shape index (κ1) is 27.0. The lowest BCUT2D eigenvalue weighted by Gasteiger charge is -2.18. The van der Waals surface area contributed by atoms with Gasteiger partial charge in [0.15, 0.2) is 0 Å². The summed E-state index contributed by atoms with van der Waals surface area (Å²) in [6.45, 7) is 1.83. The molecule has 7 N–H and O–H groups in total. The van der Waals surface area contributed by atoms with Crippen LogP contribution in [0.1, 0.15) is 16.7 Å². The first-order chi connectivity index (χ1) is 16.7. The number of carbonyl (C=O) groups is 1. The van der Waals surface area contributed by atoms with Crippen molar-refractivity contribution in [2.45, 2.75) is 24.3 Å². The Balaban J connectivity index is 1.85. The van der Waals surface area contributed by atoms with Crippen molar-refractivity contribution in [3.05, 3.63) is 83.4 Å². The predicted molar refractivity (Wildman–Crippen MR) is 140 cm³/mol. The minimum Gasteiger partial charge on any atom is -0.384 e. The van der Waals surface area contributed by atoms with Gasteiger partial charge in [0.05, 0.1) is 11.2 Å². The minimum atomic E-state index is -3.95. The molecular formula is C24H27N5O5S2. The summed E-state index contributed by atoms with van der Waals surface area (Å²) in [4.78, 5) is 13.0. The Morgan fingerprint density at radius 1 is 1.00 bits per heavy atom. The zero-order valence-corrected chi connectivity index (χ0v) is 21.3. The summed E-state index contributed by atoms with van der Waals surface area (Å²) >= 11 is 0. The molecule has 0 aliphatic rings. The number of carbonyl (C=O) groups excluding carboxylic acids is 1. The van der Waals surface area contributed by atoms with E-state index in [0.717, 1.165) is 11.8 Å². The molecule has 0 bridgehead atoms. The van der Waals surface area contributed by atoms with Crippen LogP contribution in [0.5, 0.6) is 0 Å². The number of amides is 1. The van der Waals surface area contributed by atoms with Crippen molar-refractivity contribution in [2.24, 2.45) is 10.9 Å². The quantitative estimate of drug-likeness (QED) is 0.207. The number of hydrogen-bond acceptors (Lipinski definition) is 6. The van der Waals surface area contributed by atoms with E-state index in [2.05, 4.69) is 10.0 Å². The van der Waals surface area contributed by atoms with Gasteiger partial charge in [0, 0.05) is 16.8 Å². The van der Waals surface area contributed by atoms with Gasteiger partial charge < -0.3 is 11.1 Å². The van der Waals surface area contributed by atoms with Gasteiger partial charge in [0.2, 0.25) is 26.0 Å². The van der Waals surface area contributed by atoms with E-state index in [1.165, 1.54) is 6.07 Å². The molecule has 0 radical (unpaired) electrons. The van der Waals surface area contributed by atoms with Crippen LogP contribution >= 0.6 is 0 Å². The zero-order chi connectivity index (χ0) is 26.7. The number of primary sulfonamides is 1. The Kier molecular flexibility index (Phi) is 7.94. The number of rotatable bonds is 9. The molecule has 0 heterocycles. The van der Waals surface area contributed by atoms with Gasteiger partial charge in [-0.05, 0) is 48.7 Å². The topological polar surface area (TPSA) is 185 Å². The van der Waals surface area contributed by atoms with Gasteiger partial charge in [-0.1, -0.05) is 48.0 Å². The van der Waals surface area contributed by atoms with Crippen molar-refractivity contribution < 1.29 is 21.6 Å². The maximum absolute atomic E-state index is 13.0. The van der Waals surface area contributed by atoms with Crippen LogP contribution in [0.4, 0.5) is 5.69 Å². The third kappa shape index (κ3) is 7.21. The largest absolute Gasteiger partial charge is 0.384 e. The van der Waals surface area contributed by atoms with Crippen LogP contribution in [-0.2, 0) is 31.3 Å². The van der Waals surface area contributed by atoms with Gasteiger partial charge in [0.25, 0.3) is 0 Å². The third-order valence-corrected chi connectivity index (χ3v) is 6.94. The molecule has 3 rings (SSSR count). The summed E-state index contributed by atoms with van der Waals surface area (Å²) in [6.07, 6.45) is 0.984. The van der Waals surface area contributed by atoms with Gasteiger partial charge in [0.1, 0.15) is 11.9 Å². The summed E-state index contributed by atoms with van der Waals surface area (Å²) in [7, 11) is -7.67. The lowest BCUT2D eigenvalue weighted by molar-refractivity contribution is -0.117. The van der Waals surface area contributed by atoms with E-state index in [9.17, 15) is 21.6 Å². The first-order valence-corrected chi connectivity index (χ1v) is 14.1. The fourth-order valence-corrected chi connectivity index (χ4v) is 5.08. The Morgan fingerprint density at radius 3 is 2.25 bits per heavy atom. The number of amidine groups is 1. The average molecular weight is 530 g/mol. The van der Waals surface area contributed by atoms with Crippen LogP contribution in [-0.4, -0.2) is 40.9 Å². The van der Waals surface area contributed by atoms with Gasteiger partial charge in [-0.15, -0.1) is 0 Å². The van der Waals surface area contributed by atoms with E-state index >= 15 is 0 Å². The highest BCUT2D eigenvalue weighted by Gasteiger charge is 2.23. The fraction of sp³-hybridized carbons (Fsp3) is 0.167. The molecule has 0 aliphatic carbocycles. The Bertz CT molecular complexity index is 1520. The van der Waals surface area contributed by atoms with E-state index in [0.29, 0.717) is 27.9 Å². The average Bonchev–Trinajstić information content (AvgIpc) is 2.77. The molecule has 12 heteroatoms. The SMILES string of the molecule is Cc1ccc(S(N)(=O)=O)c(-c2ccc(NC(=O)[C@H](Cc3cccc(C(=N)N)c3)NS(C)(=O)=O)cc2)c1. The van der Waals surface area contributed by atoms with Crippen LogP contribution < -0.4 is 20.9 Å². The Hall–Kier alpha value is -3.58. The van der Waals surface area contributed by atoms with Gasteiger partial charge >= 0.3 is 0 Å². The lowest BCUT2D eigenvalue weighted by Crippen LogP contribution is -2.44. The Morgan fingerprint density at radius 2 is 1.67 bits per heavy atom. The predicted octanol–water partition coefficient (Wildman–Crippen LogP) is 1.69. The smallest absolute Gasteiger partial charge is 0.242 e. The second-order valence-corrected chi connectivity index (χ2v) is 11.7. The number of nitrogen functional groups attached to an aromatic ring is 1. The molecule has 10 nitrogen and oxygen atoms in total. The monoisotopic (exact) mass is 529 g/mol. The van der Waals surface area contributed by atoms with E-state index in [1.807, 2.05) is 6.92 Å². The molecule has 0 unspecified atom stereocenters. The summed E-state index contributed by atoms with van der Waals surface area (Å²) in [5, 5.41) is 15.6. The number of anilines is 1. The summed E-state index contributed by atoms with van der Waals surface area (Å²) in [6, 6.07) is 16.7. The second kappa shape index (κ2) is 10.6. The van der Waals surface area contributed by atoms with E-state index in [-0.39, 0.29) is 17.2 Å². The van der Waals surface area contributed by atoms with Crippen LogP contribution in [0.2, 0.25) is 0 Å². The lowest BCUT2D eigenvalue weighted by atomic mass is 10.0. The van der Waals surface area contributed by atoms with Crippen molar-refractivity contribution in [3.8, 4) is 11.1 Å². The summed E-state index contributed by atoms with van der Waals surface area (Å²) in [5.41, 5.74) is 8.83. The van der Waals surface area contributed by atoms with Crippen LogP contribution in [0.25, 0.3) is 11.1 Å². The maximum atomic E-state index is 13.0. The molecular weight excluding hydrogens is 502 g/mol. The van der Waals surface area contributed by atoms with E-state index < -0.39 is 32.0 Å². The number of hydrogen-bond donors (Lipinski definition) is 5. The normalized spacial score (nSPS) is 12.6. The Labute approximate surface area is 210 Å². The second-order valence-electron chi connectivity index (χ2n) is 8.37. The zero-order valence-electron chi connectivity index (χ0n) is 19.6. The molecule has 0 saturated carbocycles. The third-order valence-electron chi connectivity index (χ3n) is 5.26. The molecule has 190 valence electrons. The van der Waals surface area contributed by atoms with Crippen molar-refractivity contribution in [3.63, 3.8) is 0 Å². The van der Waals surface area contributed by atoms with Gasteiger partial charge in [-0.25, -0.2) is 26.7 Å². The highest BCUT2D eigenvalue weighted by atomic mass is 32.2. The number of benzene rings is 3. The molecule has 0 fully saturated rings. The molecule has 3 aromatic carbocycles. The van der Waals surface area contributed by atoms with Crippen molar-refractivity contribution >= 4 is 37.5 Å². The molecule has 1 atom stereocenters. The number of sulfonamides is 2. The highest BCUT2D eigenvalue weighted by molar-refractivity contribution is 7.89. The molecule has 0 aliphatic heterocycles. The van der Waals surface area contributed by atoms with Crippen LogP contribution in [0.3, 0.4) is 0 Å². The molecule has 0 saturated heterocycles. The standard InChI is InChI=1S/C24H27N5O5S2/c1-15-6-11-22(36(27,33)34)20(12-15)17-7-9-19(10-8-17)28-24(30)21(29-35(2,31)32)14-16-4-3-5-18(13-16)23(25)26/h3-13,21,29H,14H2,1-2H3,(H3,25,26)(H,28,30)(H2,27,33,34)/t21-/m0/s1. The first-order valence-electron chi connectivity index (χ1n) is 10.7. The number of aryl methyl sites for hydroxylation is 1. The maximum Gasteiger partial charge on any atom is 0.242 e. The van der Waals surface area contributed by atoms with Gasteiger partial charge in [-0.3, -0.25) is 10.2 Å². The summed E-state index contributed by atoms with van der Waals surface area (Å²) in [5.74, 6) is -0.740. The fourth-order valence-electron chi connectivity index (χ4n) is 3.63. The van der Waals surface area contributed by atoms with Crippen molar-refractivity contribution in [2.75, 3.05) is 11.6 Å². The van der Waals surface area contributed by atoms with Crippen LogP contribution in [0.15, 0.2) is 71.6 Å². The highest BCUT2D eigenvalue weighted by Crippen LogP contribution is 2.29. The molecule has 0 aromatic heterocycles. The molecule has 3 aromatic rings. The van der Waals surface area contributed by atoms with E-state index in [1.54, 1.807) is 60.7 Å². The van der Waals surface area contributed by atoms with E-state index in [4.69, 9.17) is 16.3 Å². The number of nitrogens with one attached hydrogen (secondary N) is 3. The van der Waals surface area contributed by atoms with Crippen molar-refractivity contribution in [1.82, 2.24) is 4.72 Å².